The van der Waals surface area contributed by atoms with Gasteiger partial charge in [0.05, 0.1) is 16.5 Å². The minimum atomic E-state index is -1.39. The van der Waals surface area contributed by atoms with Crippen molar-refractivity contribution in [1.82, 2.24) is 4.98 Å². The summed E-state index contributed by atoms with van der Waals surface area (Å²) in [5.74, 6) is 0. The number of benzene rings is 2. The number of ether oxygens (including phenoxy) is 1. The lowest BCUT2D eigenvalue weighted by molar-refractivity contribution is -0.231. The SMILES string of the molecule is Cc1ccc(-c2cnc(Cc3cc([C@@H]4O[C@H](CO)[C@@H](O)[C@H](O)[C@H]4O)ccc3C)s2)cc1. The van der Waals surface area contributed by atoms with E-state index in [1.54, 1.807) is 11.3 Å². The highest BCUT2D eigenvalue weighted by atomic mass is 32.1. The summed E-state index contributed by atoms with van der Waals surface area (Å²) in [4.78, 5) is 5.70. The molecule has 1 saturated heterocycles. The molecule has 4 N–H and O–H groups in total. The number of thiazole rings is 1. The van der Waals surface area contributed by atoms with E-state index in [1.165, 1.54) is 5.56 Å². The van der Waals surface area contributed by atoms with Crippen LogP contribution in [0.15, 0.2) is 48.7 Å². The first-order valence-electron chi connectivity index (χ1n) is 10.3. The van der Waals surface area contributed by atoms with E-state index in [4.69, 9.17) is 4.74 Å². The van der Waals surface area contributed by atoms with Crippen molar-refractivity contribution in [3.8, 4) is 10.4 Å². The Morgan fingerprint density at radius 1 is 0.968 bits per heavy atom. The van der Waals surface area contributed by atoms with Crippen LogP contribution in [0.4, 0.5) is 0 Å². The third kappa shape index (κ3) is 4.57. The normalized spacial score (nSPS) is 26.2. The molecule has 31 heavy (non-hydrogen) atoms. The fourth-order valence-corrected chi connectivity index (χ4v) is 4.79. The summed E-state index contributed by atoms with van der Waals surface area (Å²) in [6.07, 6.45) is -3.29. The standard InChI is InChI=1S/C24H27NO5S/c1-13-3-6-15(7-4-13)19-11-25-20(31-19)10-17-9-16(8-5-14(17)2)24-23(29)22(28)21(27)18(12-26)30-24/h3-9,11,18,21-24,26-29H,10,12H2,1-2H3/t18-,21-,22+,23-,24+/m1/s1. The summed E-state index contributed by atoms with van der Waals surface area (Å²) in [5, 5.41) is 41.0. The van der Waals surface area contributed by atoms with Crippen molar-refractivity contribution in [3.63, 3.8) is 0 Å². The van der Waals surface area contributed by atoms with Gasteiger partial charge in [0.25, 0.3) is 0 Å². The molecule has 2 heterocycles. The zero-order valence-corrected chi connectivity index (χ0v) is 18.3. The van der Waals surface area contributed by atoms with E-state index >= 15 is 0 Å². The number of nitrogens with zero attached hydrogens (tertiary/aromatic N) is 1. The zero-order chi connectivity index (χ0) is 22.1. The molecule has 0 spiro atoms. The topological polar surface area (TPSA) is 103 Å². The van der Waals surface area contributed by atoms with Crippen LogP contribution in [0.2, 0.25) is 0 Å². The van der Waals surface area contributed by atoms with Crippen molar-refractivity contribution in [2.45, 2.75) is 50.8 Å². The van der Waals surface area contributed by atoms with E-state index < -0.39 is 37.1 Å². The van der Waals surface area contributed by atoms with Crippen molar-refractivity contribution in [1.29, 1.82) is 0 Å². The second-order valence-electron chi connectivity index (χ2n) is 8.10. The molecule has 5 atom stereocenters. The maximum atomic E-state index is 10.4. The Labute approximate surface area is 185 Å². The molecule has 164 valence electrons. The quantitative estimate of drug-likeness (QED) is 0.485. The Bertz CT molecular complexity index is 1030. The average molecular weight is 442 g/mol. The number of hydrogen-bond donors (Lipinski definition) is 4. The third-order valence-electron chi connectivity index (χ3n) is 5.83. The van der Waals surface area contributed by atoms with Crippen molar-refractivity contribution in [2.75, 3.05) is 6.61 Å². The van der Waals surface area contributed by atoms with Gasteiger partial charge in [-0.25, -0.2) is 4.98 Å². The Kier molecular flexibility index (Phi) is 6.52. The van der Waals surface area contributed by atoms with Crippen molar-refractivity contribution < 1.29 is 25.2 Å². The highest BCUT2D eigenvalue weighted by molar-refractivity contribution is 7.15. The van der Waals surface area contributed by atoms with E-state index in [2.05, 4.69) is 36.2 Å². The molecular formula is C24H27NO5S. The van der Waals surface area contributed by atoms with Gasteiger partial charge in [-0.3, -0.25) is 0 Å². The van der Waals surface area contributed by atoms with Gasteiger partial charge in [-0.2, -0.15) is 0 Å². The molecule has 3 aromatic rings. The second kappa shape index (κ2) is 9.16. The Balaban J connectivity index is 1.57. The maximum Gasteiger partial charge on any atom is 0.113 e. The predicted molar refractivity (Wildman–Crippen MR) is 119 cm³/mol. The zero-order valence-electron chi connectivity index (χ0n) is 17.5. The Morgan fingerprint density at radius 3 is 2.42 bits per heavy atom. The lowest BCUT2D eigenvalue weighted by atomic mass is 9.89. The minimum Gasteiger partial charge on any atom is -0.394 e. The third-order valence-corrected chi connectivity index (χ3v) is 6.87. The van der Waals surface area contributed by atoms with Gasteiger partial charge in [0.15, 0.2) is 0 Å². The molecule has 1 fully saturated rings. The van der Waals surface area contributed by atoms with E-state index in [0.717, 1.165) is 26.6 Å². The Morgan fingerprint density at radius 2 is 1.71 bits per heavy atom. The fraction of sp³-hybridized carbons (Fsp3) is 0.375. The first-order valence-corrected chi connectivity index (χ1v) is 11.1. The fourth-order valence-electron chi connectivity index (χ4n) is 3.84. The largest absolute Gasteiger partial charge is 0.394 e. The highest BCUT2D eigenvalue weighted by Crippen LogP contribution is 2.34. The number of aryl methyl sites for hydroxylation is 2. The first-order chi connectivity index (χ1) is 14.9. The van der Waals surface area contributed by atoms with Gasteiger partial charge in [0.2, 0.25) is 0 Å². The van der Waals surface area contributed by atoms with Crippen LogP contribution >= 0.6 is 11.3 Å². The van der Waals surface area contributed by atoms with Crippen molar-refractivity contribution >= 4 is 11.3 Å². The van der Waals surface area contributed by atoms with E-state index in [0.29, 0.717) is 12.0 Å². The summed E-state index contributed by atoms with van der Waals surface area (Å²) < 4.78 is 5.71. The van der Waals surface area contributed by atoms with Crippen LogP contribution in [0.25, 0.3) is 10.4 Å². The van der Waals surface area contributed by atoms with Crippen LogP contribution in [-0.4, -0.2) is 56.4 Å². The predicted octanol–water partition coefficient (Wildman–Crippen LogP) is 2.53. The van der Waals surface area contributed by atoms with E-state index in [1.807, 2.05) is 31.3 Å². The molecule has 4 rings (SSSR count). The van der Waals surface area contributed by atoms with Crippen molar-refractivity contribution in [2.24, 2.45) is 0 Å². The summed E-state index contributed by atoms with van der Waals surface area (Å²) in [7, 11) is 0. The van der Waals surface area contributed by atoms with Gasteiger partial charge in [-0.1, -0.05) is 48.0 Å². The monoisotopic (exact) mass is 441 g/mol. The van der Waals surface area contributed by atoms with Gasteiger partial charge in [0.1, 0.15) is 30.5 Å². The van der Waals surface area contributed by atoms with Gasteiger partial charge < -0.3 is 25.2 Å². The summed E-state index contributed by atoms with van der Waals surface area (Å²) in [6.45, 7) is 3.63. The van der Waals surface area contributed by atoms with Gasteiger partial charge >= 0.3 is 0 Å². The summed E-state index contributed by atoms with van der Waals surface area (Å²) in [6, 6.07) is 14.1. The molecule has 1 aliphatic rings. The molecule has 6 nitrogen and oxygen atoms in total. The average Bonchev–Trinajstić information content (AvgIpc) is 3.23. The van der Waals surface area contributed by atoms with Gasteiger partial charge in [-0.15, -0.1) is 11.3 Å². The number of hydrogen-bond acceptors (Lipinski definition) is 7. The number of aromatic nitrogens is 1. The number of aliphatic hydroxyl groups is 4. The van der Waals surface area contributed by atoms with Crippen LogP contribution in [-0.2, 0) is 11.2 Å². The van der Waals surface area contributed by atoms with Gasteiger partial charge in [-0.05, 0) is 36.1 Å². The van der Waals surface area contributed by atoms with E-state index in [-0.39, 0.29) is 0 Å². The summed E-state index contributed by atoms with van der Waals surface area (Å²) in [5.41, 5.74) is 5.17. The smallest absolute Gasteiger partial charge is 0.113 e. The van der Waals surface area contributed by atoms with Crippen LogP contribution in [0.1, 0.15) is 33.4 Å². The maximum absolute atomic E-state index is 10.4. The molecule has 0 radical (unpaired) electrons. The number of rotatable bonds is 5. The number of aliphatic hydroxyl groups excluding tert-OH is 4. The second-order valence-corrected chi connectivity index (χ2v) is 9.21. The van der Waals surface area contributed by atoms with Crippen molar-refractivity contribution in [3.05, 3.63) is 75.9 Å². The molecule has 1 aliphatic heterocycles. The highest BCUT2D eigenvalue weighted by Gasteiger charge is 2.43. The molecule has 0 unspecified atom stereocenters. The van der Waals surface area contributed by atoms with Crippen LogP contribution < -0.4 is 0 Å². The molecule has 0 aliphatic carbocycles. The molecule has 0 saturated carbocycles. The Hall–Kier alpha value is -2.13. The summed E-state index contributed by atoms with van der Waals surface area (Å²) >= 11 is 1.64. The molecule has 0 amide bonds. The van der Waals surface area contributed by atoms with Crippen LogP contribution in [0, 0.1) is 13.8 Å². The first kappa shape index (κ1) is 22.1. The molecule has 1 aromatic heterocycles. The van der Waals surface area contributed by atoms with Crippen LogP contribution in [0.3, 0.4) is 0 Å². The molecule has 0 bridgehead atoms. The lowest BCUT2D eigenvalue weighted by Gasteiger charge is -2.40. The van der Waals surface area contributed by atoms with Gasteiger partial charge in [0, 0.05) is 12.6 Å². The molecular weight excluding hydrogens is 414 g/mol. The lowest BCUT2D eigenvalue weighted by Crippen LogP contribution is -2.55. The molecule has 7 heteroatoms. The van der Waals surface area contributed by atoms with Crippen LogP contribution in [0.5, 0.6) is 0 Å². The minimum absolute atomic E-state index is 0.443. The molecule has 2 aromatic carbocycles. The van der Waals surface area contributed by atoms with E-state index in [9.17, 15) is 20.4 Å².